The standard InChI is InChI=1S/C14H20N2O2S/c1-15-9-12-10-16(7-8-18-12)14(17)11-19-13-5-3-2-4-6-13/h2-6,12,15H,7-11H2,1H3. The molecule has 1 unspecified atom stereocenters. The molecule has 4 nitrogen and oxygen atoms in total. The second kappa shape index (κ2) is 7.53. The van der Waals surface area contributed by atoms with Crippen LogP contribution in [0, 0.1) is 0 Å². The Morgan fingerprint density at radius 2 is 2.26 bits per heavy atom. The number of hydrogen-bond acceptors (Lipinski definition) is 4. The maximum Gasteiger partial charge on any atom is 0.233 e. The number of amides is 1. The van der Waals surface area contributed by atoms with Gasteiger partial charge in [-0.1, -0.05) is 18.2 Å². The molecule has 1 saturated heterocycles. The van der Waals surface area contributed by atoms with E-state index >= 15 is 0 Å². The first-order valence-electron chi connectivity index (χ1n) is 6.51. The Labute approximate surface area is 118 Å². The third kappa shape index (κ3) is 4.53. The topological polar surface area (TPSA) is 41.6 Å². The van der Waals surface area contributed by atoms with Gasteiger partial charge in [0.25, 0.3) is 0 Å². The van der Waals surface area contributed by atoms with Crippen molar-refractivity contribution in [1.82, 2.24) is 10.2 Å². The molecule has 5 heteroatoms. The minimum Gasteiger partial charge on any atom is -0.373 e. The SMILES string of the molecule is CNCC1CN(C(=O)CSc2ccccc2)CCO1. The summed E-state index contributed by atoms with van der Waals surface area (Å²) in [6.07, 6.45) is 0.115. The van der Waals surface area contributed by atoms with E-state index in [4.69, 9.17) is 4.74 Å². The molecule has 19 heavy (non-hydrogen) atoms. The molecule has 1 amide bonds. The van der Waals surface area contributed by atoms with E-state index in [2.05, 4.69) is 5.32 Å². The van der Waals surface area contributed by atoms with Gasteiger partial charge in [0.05, 0.1) is 18.5 Å². The van der Waals surface area contributed by atoms with Crippen LogP contribution in [0.2, 0.25) is 0 Å². The van der Waals surface area contributed by atoms with Crippen LogP contribution in [0.4, 0.5) is 0 Å². The van der Waals surface area contributed by atoms with Crippen LogP contribution in [-0.2, 0) is 9.53 Å². The molecule has 0 aromatic heterocycles. The lowest BCUT2D eigenvalue weighted by Gasteiger charge is -2.32. The molecule has 1 fully saturated rings. The number of carbonyl (C=O) groups is 1. The van der Waals surface area contributed by atoms with E-state index in [0.29, 0.717) is 25.4 Å². The van der Waals surface area contributed by atoms with Gasteiger partial charge in [0.1, 0.15) is 0 Å². The number of rotatable bonds is 5. The van der Waals surface area contributed by atoms with Crippen molar-refractivity contribution in [3.63, 3.8) is 0 Å². The molecule has 2 rings (SSSR count). The summed E-state index contributed by atoms with van der Waals surface area (Å²) in [5.74, 6) is 0.689. The maximum atomic E-state index is 12.2. The van der Waals surface area contributed by atoms with Gasteiger partial charge in [-0.25, -0.2) is 0 Å². The van der Waals surface area contributed by atoms with E-state index < -0.39 is 0 Å². The van der Waals surface area contributed by atoms with Gasteiger partial charge < -0.3 is 15.0 Å². The van der Waals surface area contributed by atoms with Crippen molar-refractivity contribution in [1.29, 1.82) is 0 Å². The highest BCUT2D eigenvalue weighted by atomic mass is 32.2. The summed E-state index contributed by atoms with van der Waals surface area (Å²) in [6.45, 7) is 2.81. The van der Waals surface area contributed by atoms with Crippen LogP contribution in [0.25, 0.3) is 0 Å². The Balaban J connectivity index is 1.79. The minimum atomic E-state index is 0.115. The smallest absolute Gasteiger partial charge is 0.233 e. The van der Waals surface area contributed by atoms with Crippen molar-refractivity contribution >= 4 is 17.7 Å². The molecule has 1 aromatic carbocycles. The Morgan fingerprint density at radius 1 is 1.47 bits per heavy atom. The number of carbonyl (C=O) groups excluding carboxylic acids is 1. The van der Waals surface area contributed by atoms with Crippen LogP contribution >= 0.6 is 11.8 Å². The van der Waals surface area contributed by atoms with Crippen LogP contribution in [-0.4, -0.2) is 56.0 Å². The predicted molar refractivity (Wildman–Crippen MR) is 77.4 cm³/mol. The summed E-state index contributed by atoms with van der Waals surface area (Å²) in [7, 11) is 1.90. The summed E-state index contributed by atoms with van der Waals surface area (Å²) in [5.41, 5.74) is 0. The Hall–Kier alpha value is -1.04. The number of likely N-dealkylation sites (N-methyl/N-ethyl adjacent to an activating group) is 1. The van der Waals surface area contributed by atoms with Crippen LogP contribution in [0.1, 0.15) is 0 Å². The first kappa shape index (κ1) is 14.4. The molecular weight excluding hydrogens is 260 g/mol. The van der Waals surface area contributed by atoms with Gasteiger partial charge in [0.2, 0.25) is 5.91 Å². The van der Waals surface area contributed by atoms with Crippen LogP contribution in [0.15, 0.2) is 35.2 Å². The molecule has 0 bridgehead atoms. The number of nitrogens with zero attached hydrogens (tertiary/aromatic N) is 1. The molecule has 0 aliphatic carbocycles. The monoisotopic (exact) mass is 280 g/mol. The average Bonchev–Trinajstić information content (AvgIpc) is 2.46. The Kier molecular flexibility index (Phi) is 5.69. The zero-order valence-corrected chi connectivity index (χ0v) is 12.0. The number of thioether (sulfide) groups is 1. The summed E-state index contributed by atoms with van der Waals surface area (Å²) >= 11 is 1.59. The minimum absolute atomic E-state index is 0.115. The van der Waals surface area contributed by atoms with E-state index in [-0.39, 0.29) is 12.0 Å². The zero-order valence-electron chi connectivity index (χ0n) is 11.2. The quantitative estimate of drug-likeness (QED) is 0.824. The lowest BCUT2D eigenvalue weighted by Crippen LogP contribution is -2.49. The van der Waals surface area contributed by atoms with Crippen molar-refractivity contribution in [2.24, 2.45) is 0 Å². The predicted octanol–water partition coefficient (Wildman–Crippen LogP) is 1.23. The second-order valence-corrected chi connectivity index (χ2v) is 5.54. The van der Waals surface area contributed by atoms with E-state index in [1.165, 1.54) is 0 Å². The highest BCUT2D eigenvalue weighted by Crippen LogP contribution is 2.18. The first-order chi connectivity index (χ1) is 9.29. The summed E-state index contributed by atoms with van der Waals surface area (Å²) in [5, 5.41) is 3.09. The summed E-state index contributed by atoms with van der Waals surface area (Å²) in [4.78, 5) is 15.2. The summed E-state index contributed by atoms with van der Waals surface area (Å²) < 4.78 is 5.60. The zero-order chi connectivity index (χ0) is 13.5. The van der Waals surface area contributed by atoms with Crippen LogP contribution in [0.5, 0.6) is 0 Å². The van der Waals surface area contributed by atoms with Crippen molar-refractivity contribution < 1.29 is 9.53 Å². The molecule has 1 aromatic rings. The van der Waals surface area contributed by atoms with Crippen molar-refractivity contribution in [3.8, 4) is 0 Å². The fourth-order valence-corrected chi connectivity index (χ4v) is 2.87. The molecule has 1 atom stereocenters. The molecule has 1 heterocycles. The third-order valence-corrected chi connectivity index (χ3v) is 4.03. The van der Waals surface area contributed by atoms with Crippen LogP contribution < -0.4 is 5.32 Å². The fraction of sp³-hybridized carbons (Fsp3) is 0.500. The highest BCUT2D eigenvalue weighted by molar-refractivity contribution is 8.00. The fourth-order valence-electron chi connectivity index (χ4n) is 2.05. The van der Waals surface area contributed by atoms with E-state index in [1.807, 2.05) is 42.3 Å². The van der Waals surface area contributed by atoms with Gasteiger partial charge in [-0.3, -0.25) is 4.79 Å². The number of benzene rings is 1. The largest absolute Gasteiger partial charge is 0.373 e. The Bertz CT molecular complexity index is 398. The maximum absolute atomic E-state index is 12.2. The second-order valence-electron chi connectivity index (χ2n) is 4.49. The van der Waals surface area contributed by atoms with Crippen molar-refractivity contribution in [2.45, 2.75) is 11.0 Å². The van der Waals surface area contributed by atoms with Crippen LogP contribution in [0.3, 0.4) is 0 Å². The normalized spacial score (nSPS) is 19.4. The van der Waals surface area contributed by atoms with Gasteiger partial charge >= 0.3 is 0 Å². The number of hydrogen-bond donors (Lipinski definition) is 1. The number of morpholine rings is 1. The summed E-state index contributed by atoms with van der Waals surface area (Å²) in [6, 6.07) is 10.0. The van der Waals surface area contributed by atoms with E-state index in [1.54, 1.807) is 11.8 Å². The van der Waals surface area contributed by atoms with Gasteiger partial charge in [-0.2, -0.15) is 0 Å². The number of nitrogens with one attached hydrogen (secondary N) is 1. The molecule has 0 spiro atoms. The number of ether oxygens (including phenoxy) is 1. The molecule has 104 valence electrons. The molecule has 1 aliphatic rings. The van der Waals surface area contributed by atoms with Gasteiger partial charge in [-0.15, -0.1) is 11.8 Å². The first-order valence-corrected chi connectivity index (χ1v) is 7.50. The third-order valence-electron chi connectivity index (χ3n) is 3.03. The Morgan fingerprint density at radius 3 is 3.00 bits per heavy atom. The van der Waals surface area contributed by atoms with Gasteiger partial charge in [0.15, 0.2) is 0 Å². The highest BCUT2D eigenvalue weighted by Gasteiger charge is 2.23. The lowest BCUT2D eigenvalue weighted by molar-refractivity contribution is -0.135. The molecular formula is C14H20N2O2S. The molecule has 0 saturated carbocycles. The lowest BCUT2D eigenvalue weighted by atomic mass is 10.2. The van der Waals surface area contributed by atoms with Crippen molar-refractivity contribution in [2.75, 3.05) is 39.0 Å². The molecule has 0 radical (unpaired) electrons. The van der Waals surface area contributed by atoms with Gasteiger partial charge in [-0.05, 0) is 19.2 Å². The van der Waals surface area contributed by atoms with E-state index in [9.17, 15) is 4.79 Å². The van der Waals surface area contributed by atoms with Gasteiger partial charge in [0, 0.05) is 24.5 Å². The average molecular weight is 280 g/mol. The molecule has 1 N–H and O–H groups in total. The molecule has 1 aliphatic heterocycles. The van der Waals surface area contributed by atoms with E-state index in [0.717, 1.165) is 11.4 Å². The van der Waals surface area contributed by atoms with Crippen molar-refractivity contribution in [3.05, 3.63) is 30.3 Å².